The highest BCUT2D eigenvalue weighted by Gasteiger charge is 2.40. The molecule has 7 heavy (non-hydrogen) atoms. The molecule has 1 N–H and O–H groups in total. The van der Waals surface area contributed by atoms with Gasteiger partial charge < -0.3 is 4.74 Å². The first-order chi connectivity index (χ1) is 3.33. The zero-order chi connectivity index (χ0) is 5.33. The molecule has 0 aliphatic carbocycles. The van der Waals surface area contributed by atoms with Crippen molar-refractivity contribution in [3.63, 3.8) is 0 Å². The first-order valence-corrected chi connectivity index (χ1v) is 2.46. The van der Waals surface area contributed by atoms with Crippen LogP contribution in [0.3, 0.4) is 0 Å². The summed E-state index contributed by atoms with van der Waals surface area (Å²) < 4.78 is 5.03. The van der Waals surface area contributed by atoms with E-state index < -0.39 is 0 Å². The molecule has 39 valence electrons. The van der Waals surface area contributed by atoms with Crippen molar-refractivity contribution in [2.75, 3.05) is 13.7 Å². The molecule has 2 nitrogen and oxygen atoms in total. The van der Waals surface area contributed by atoms with Crippen LogP contribution in [-0.4, -0.2) is 26.6 Å². The molecule has 0 unspecified atom stereocenters. The minimum Gasteiger partial charge on any atom is -0.364 e. The van der Waals surface area contributed by atoms with E-state index in [0.717, 1.165) is 6.61 Å². The summed E-state index contributed by atoms with van der Waals surface area (Å²) in [5.41, 5.74) is -0.0417. The van der Waals surface area contributed by atoms with Gasteiger partial charge in [0, 0.05) is 0 Å². The lowest BCUT2D eigenvalue weighted by molar-refractivity contribution is 0.347. The molecule has 0 bridgehead atoms. The Labute approximate surface area is 44.5 Å². The minimum atomic E-state index is -0.0417. The second-order valence-electron chi connectivity index (χ2n) is 1.72. The molecule has 1 radical (unpaired) electrons. The normalized spacial score (nSPS) is 38.0. The lowest BCUT2D eigenvalue weighted by atomic mass is 9.72. The standard InChI is InChI=1S/C4H9BNO/c1-5-4(6-2)3-7-4/h6H,3H2,1-2H3/t4-/m1/s1. The van der Waals surface area contributed by atoms with Gasteiger partial charge in [-0.1, -0.05) is 6.82 Å². The lowest BCUT2D eigenvalue weighted by Gasteiger charge is -2.02. The van der Waals surface area contributed by atoms with Gasteiger partial charge in [0.25, 0.3) is 0 Å². The molecule has 0 saturated carbocycles. The minimum absolute atomic E-state index is 0.0417. The molecule has 1 saturated heterocycles. The molecule has 1 aliphatic heterocycles. The Bertz CT molecular complexity index is 66.1. The molecular weight excluding hydrogens is 88.9 g/mol. The van der Waals surface area contributed by atoms with Crippen LogP contribution >= 0.6 is 0 Å². The monoisotopic (exact) mass is 98.1 g/mol. The summed E-state index contributed by atoms with van der Waals surface area (Å²) in [4.78, 5) is 0. The summed E-state index contributed by atoms with van der Waals surface area (Å²) in [5.74, 6) is 0. The van der Waals surface area contributed by atoms with Gasteiger partial charge >= 0.3 is 0 Å². The molecule has 1 fully saturated rings. The van der Waals surface area contributed by atoms with Gasteiger partial charge in [0.05, 0.1) is 6.61 Å². The van der Waals surface area contributed by atoms with Crippen LogP contribution in [0.1, 0.15) is 0 Å². The van der Waals surface area contributed by atoms with Crippen LogP contribution in [-0.2, 0) is 4.74 Å². The highest BCUT2D eigenvalue weighted by molar-refractivity contribution is 6.38. The molecule has 3 heteroatoms. The third-order valence-electron chi connectivity index (χ3n) is 1.34. The predicted molar refractivity (Wildman–Crippen MR) is 29.4 cm³/mol. The smallest absolute Gasteiger partial charge is 0.174 e. The van der Waals surface area contributed by atoms with Crippen molar-refractivity contribution in [3.05, 3.63) is 0 Å². The van der Waals surface area contributed by atoms with Crippen LogP contribution in [0.15, 0.2) is 0 Å². The number of hydrogen-bond acceptors (Lipinski definition) is 2. The van der Waals surface area contributed by atoms with Crippen LogP contribution in [0.4, 0.5) is 0 Å². The zero-order valence-electron chi connectivity index (χ0n) is 4.69. The first kappa shape index (κ1) is 5.13. The Morgan fingerprint density at radius 3 is 2.43 bits per heavy atom. The van der Waals surface area contributed by atoms with Crippen LogP contribution in [0.25, 0.3) is 0 Å². The molecule has 0 spiro atoms. The fraction of sp³-hybridized carbons (Fsp3) is 1.00. The molecule has 1 atom stereocenters. The first-order valence-electron chi connectivity index (χ1n) is 2.46. The predicted octanol–water partition coefficient (Wildman–Crippen LogP) is -0.358. The summed E-state index contributed by atoms with van der Waals surface area (Å²) in [5, 5.41) is 3.02. The molecule has 0 aromatic carbocycles. The Hall–Kier alpha value is -0.0151. The summed E-state index contributed by atoms with van der Waals surface area (Å²) in [6.07, 6.45) is 0. The van der Waals surface area contributed by atoms with Gasteiger partial charge in [0.2, 0.25) is 0 Å². The highest BCUT2D eigenvalue weighted by atomic mass is 16.6. The Balaban J connectivity index is 2.28. The quantitative estimate of drug-likeness (QED) is 0.376. The maximum Gasteiger partial charge on any atom is 0.174 e. The zero-order valence-corrected chi connectivity index (χ0v) is 4.69. The van der Waals surface area contributed by atoms with Crippen molar-refractivity contribution in [3.8, 4) is 0 Å². The fourth-order valence-electron chi connectivity index (χ4n) is 0.533. The Kier molecular flexibility index (Phi) is 1.09. The number of likely N-dealkylation sites (N-methyl/N-ethyl adjacent to an activating group) is 1. The van der Waals surface area contributed by atoms with Crippen LogP contribution in [0.5, 0.6) is 0 Å². The molecule has 0 aromatic rings. The van der Waals surface area contributed by atoms with Gasteiger partial charge in [-0.2, -0.15) is 0 Å². The van der Waals surface area contributed by atoms with E-state index in [4.69, 9.17) is 4.74 Å². The maximum absolute atomic E-state index is 5.03. The highest BCUT2D eigenvalue weighted by Crippen LogP contribution is 2.19. The van der Waals surface area contributed by atoms with Crippen molar-refractivity contribution in [2.45, 2.75) is 12.4 Å². The van der Waals surface area contributed by atoms with Gasteiger partial charge in [-0.25, -0.2) is 0 Å². The average molecular weight is 97.9 g/mol. The van der Waals surface area contributed by atoms with Crippen molar-refractivity contribution < 1.29 is 4.74 Å². The van der Waals surface area contributed by atoms with Crippen LogP contribution in [0, 0.1) is 0 Å². The van der Waals surface area contributed by atoms with Crippen molar-refractivity contribution in [1.82, 2.24) is 5.32 Å². The van der Waals surface area contributed by atoms with Gasteiger partial charge in [-0.3, -0.25) is 5.32 Å². The Morgan fingerprint density at radius 2 is 2.43 bits per heavy atom. The summed E-state index contributed by atoms with van der Waals surface area (Å²) in [7, 11) is 3.92. The summed E-state index contributed by atoms with van der Waals surface area (Å²) in [6.45, 7) is 2.82. The van der Waals surface area contributed by atoms with E-state index in [2.05, 4.69) is 5.32 Å². The van der Waals surface area contributed by atoms with E-state index in [1.807, 2.05) is 21.2 Å². The van der Waals surface area contributed by atoms with Crippen molar-refractivity contribution >= 4 is 7.28 Å². The number of hydrogen-bond donors (Lipinski definition) is 1. The van der Waals surface area contributed by atoms with Crippen LogP contribution < -0.4 is 5.32 Å². The largest absolute Gasteiger partial charge is 0.364 e. The van der Waals surface area contributed by atoms with Crippen molar-refractivity contribution in [2.24, 2.45) is 0 Å². The molecule has 1 heterocycles. The lowest BCUT2D eigenvalue weighted by Crippen LogP contribution is -2.33. The maximum atomic E-state index is 5.03. The number of nitrogens with one attached hydrogen (secondary N) is 1. The fourth-order valence-corrected chi connectivity index (χ4v) is 0.533. The van der Waals surface area contributed by atoms with E-state index in [1.165, 1.54) is 0 Å². The second-order valence-corrected chi connectivity index (χ2v) is 1.72. The van der Waals surface area contributed by atoms with E-state index in [1.54, 1.807) is 0 Å². The van der Waals surface area contributed by atoms with E-state index >= 15 is 0 Å². The molecule has 0 amide bonds. The van der Waals surface area contributed by atoms with E-state index in [0.29, 0.717) is 0 Å². The van der Waals surface area contributed by atoms with E-state index in [-0.39, 0.29) is 5.62 Å². The average Bonchev–Trinajstić information content (AvgIpc) is 2.46. The third kappa shape index (κ3) is 0.788. The Morgan fingerprint density at radius 1 is 1.86 bits per heavy atom. The number of epoxide rings is 1. The molecule has 1 aliphatic rings. The van der Waals surface area contributed by atoms with Gasteiger partial charge in [-0.05, 0) is 7.05 Å². The SMILES string of the molecule is C[B][C@@]1(NC)CO1. The van der Waals surface area contributed by atoms with Crippen molar-refractivity contribution in [1.29, 1.82) is 0 Å². The summed E-state index contributed by atoms with van der Waals surface area (Å²) in [6, 6.07) is 0. The van der Waals surface area contributed by atoms with Gasteiger partial charge in [0.15, 0.2) is 7.28 Å². The van der Waals surface area contributed by atoms with Gasteiger partial charge in [-0.15, -0.1) is 0 Å². The topological polar surface area (TPSA) is 24.6 Å². The molecular formula is C4H9BNO. The number of ether oxygens (including phenoxy) is 1. The third-order valence-corrected chi connectivity index (χ3v) is 1.34. The molecule has 1 rings (SSSR count). The second kappa shape index (κ2) is 1.49. The van der Waals surface area contributed by atoms with Crippen LogP contribution in [0.2, 0.25) is 6.82 Å². The van der Waals surface area contributed by atoms with E-state index in [9.17, 15) is 0 Å². The summed E-state index contributed by atoms with van der Waals surface area (Å²) >= 11 is 0. The van der Waals surface area contributed by atoms with Gasteiger partial charge in [0.1, 0.15) is 5.62 Å². The molecule has 0 aromatic heterocycles. The number of rotatable bonds is 2.